The maximum atomic E-state index is 12.7. The van der Waals surface area contributed by atoms with E-state index < -0.39 is 30.0 Å². The van der Waals surface area contributed by atoms with E-state index in [0.29, 0.717) is 0 Å². The monoisotopic (exact) mass is 486 g/mol. The zero-order valence-corrected chi connectivity index (χ0v) is 18.9. The molecule has 6 nitrogen and oxygen atoms in total. The molecule has 0 aromatic heterocycles. The van der Waals surface area contributed by atoms with Crippen molar-refractivity contribution >= 4 is 43.4 Å². The van der Waals surface area contributed by atoms with Gasteiger partial charge in [-0.1, -0.05) is 58.6 Å². The lowest BCUT2D eigenvalue weighted by molar-refractivity contribution is 0.484. The van der Waals surface area contributed by atoms with Gasteiger partial charge in [0, 0.05) is 0 Å². The molecule has 0 N–H and O–H groups in total. The Kier molecular flexibility index (Phi) is 6.33. The van der Waals surface area contributed by atoms with E-state index in [1.54, 1.807) is 24.3 Å². The molecule has 0 amide bonds. The highest BCUT2D eigenvalue weighted by atomic mass is 35.5. The van der Waals surface area contributed by atoms with Crippen LogP contribution in [0, 0.1) is 13.8 Å². The molecular formula is C20H16Cl2O6S2. The summed E-state index contributed by atoms with van der Waals surface area (Å²) in [4.78, 5) is -1.11. The Balaban J connectivity index is 2.00. The van der Waals surface area contributed by atoms with Gasteiger partial charge in [-0.3, -0.25) is 0 Å². The number of hydrogen-bond acceptors (Lipinski definition) is 6. The highest BCUT2D eigenvalue weighted by Gasteiger charge is 2.28. The van der Waals surface area contributed by atoms with Crippen LogP contribution in [0.1, 0.15) is 11.1 Å². The number of benzene rings is 3. The minimum Gasteiger partial charge on any atom is -0.379 e. The molecule has 0 aliphatic carbocycles. The number of halogens is 2. The van der Waals surface area contributed by atoms with Crippen LogP contribution >= 0.6 is 23.2 Å². The van der Waals surface area contributed by atoms with Crippen LogP contribution in [0.2, 0.25) is 10.0 Å². The van der Waals surface area contributed by atoms with Gasteiger partial charge >= 0.3 is 20.2 Å². The number of rotatable bonds is 6. The molecule has 3 rings (SSSR count). The average molecular weight is 487 g/mol. The van der Waals surface area contributed by atoms with Crippen LogP contribution in [0.25, 0.3) is 0 Å². The molecule has 0 aliphatic heterocycles. The number of aryl methyl sites for hydroxylation is 2. The van der Waals surface area contributed by atoms with E-state index >= 15 is 0 Å². The summed E-state index contributed by atoms with van der Waals surface area (Å²) < 4.78 is 61.0. The van der Waals surface area contributed by atoms with Crippen LogP contribution in [0.4, 0.5) is 0 Å². The van der Waals surface area contributed by atoms with Gasteiger partial charge in [-0.05, 0) is 50.2 Å². The maximum Gasteiger partial charge on any atom is 0.340 e. The average Bonchev–Trinajstić information content (AvgIpc) is 2.64. The van der Waals surface area contributed by atoms with Crippen LogP contribution in [0.5, 0.6) is 11.5 Å². The predicted octanol–water partition coefficient (Wildman–Crippen LogP) is 5.15. The lowest BCUT2D eigenvalue weighted by atomic mass is 10.2. The van der Waals surface area contributed by atoms with Gasteiger partial charge < -0.3 is 8.37 Å². The fourth-order valence-electron chi connectivity index (χ4n) is 2.42. The summed E-state index contributed by atoms with van der Waals surface area (Å²) in [6.45, 7) is 3.67. The molecule has 0 saturated heterocycles. The van der Waals surface area contributed by atoms with Crippen LogP contribution < -0.4 is 8.37 Å². The van der Waals surface area contributed by atoms with Gasteiger partial charge in [0.1, 0.15) is 21.3 Å². The Labute approximate surface area is 185 Å². The summed E-state index contributed by atoms with van der Waals surface area (Å²) in [5.41, 5.74) is 1.82. The van der Waals surface area contributed by atoms with E-state index in [9.17, 15) is 16.8 Å². The van der Waals surface area contributed by atoms with Gasteiger partial charge in [-0.15, -0.1) is 0 Å². The fraction of sp³-hybridized carbons (Fsp3) is 0.100. The van der Waals surface area contributed by atoms with Gasteiger partial charge in [-0.2, -0.15) is 16.8 Å². The Morgan fingerprint density at radius 3 is 1.27 bits per heavy atom. The van der Waals surface area contributed by atoms with Crippen LogP contribution in [-0.4, -0.2) is 16.8 Å². The molecule has 3 aromatic carbocycles. The molecule has 0 unspecified atom stereocenters. The Hall–Kier alpha value is -2.26. The number of hydrogen-bond donors (Lipinski definition) is 0. The fourth-order valence-corrected chi connectivity index (χ4v) is 5.48. The van der Waals surface area contributed by atoms with E-state index in [1.807, 2.05) is 13.8 Å². The predicted molar refractivity (Wildman–Crippen MR) is 114 cm³/mol. The minimum absolute atomic E-state index is 0.0481. The third-order valence-corrected chi connectivity index (χ3v) is 7.41. The summed E-state index contributed by atoms with van der Waals surface area (Å²) >= 11 is 12.1. The topological polar surface area (TPSA) is 86.7 Å². The molecule has 0 radical (unpaired) electrons. The molecule has 0 aliphatic rings. The highest BCUT2D eigenvalue weighted by Crippen LogP contribution is 2.34. The zero-order valence-electron chi connectivity index (χ0n) is 15.8. The zero-order chi connectivity index (χ0) is 22.1. The first kappa shape index (κ1) is 22.4. The van der Waals surface area contributed by atoms with Crippen molar-refractivity contribution in [2.24, 2.45) is 0 Å². The molecule has 0 saturated carbocycles. The molecule has 0 heterocycles. The lowest BCUT2D eigenvalue weighted by Gasteiger charge is -2.13. The normalized spacial score (nSPS) is 11.9. The largest absolute Gasteiger partial charge is 0.379 e. The highest BCUT2D eigenvalue weighted by molar-refractivity contribution is 7.88. The summed E-state index contributed by atoms with van der Waals surface area (Å²) in [6.07, 6.45) is 0. The van der Waals surface area contributed by atoms with E-state index in [2.05, 4.69) is 0 Å². The second-order valence-electron chi connectivity index (χ2n) is 6.41. The Morgan fingerprint density at radius 1 is 0.600 bits per heavy atom. The summed E-state index contributed by atoms with van der Waals surface area (Å²) in [5, 5.41) is -0.581. The van der Waals surface area contributed by atoms with Gasteiger partial charge in [0.25, 0.3) is 0 Å². The smallest absolute Gasteiger partial charge is 0.340 e. The van der Waals surface area contributed by atoms with Crippen molar-refractivity contribution < 1.29 is 25.2 Å². The van der Waals surface area contributed by atoms with Crippen molar-refractivity contribution in [2.75, 3.05) is 0 Å². The Morgan fingerprint density at radius 2 is 0.933 bits per heavy atom. The van der Waals surface area contributed by atoms with Crippen molar-refractivity contribution in [1.82, 2.24) is 0 Å². The van der Waals surface area contributed by atoms with E-state index in [-0.39, 0.29) is 21.5 Å². The van der Waals surface area contributed by atoms with Crippen molar-refractivity contribution in [3.05, 3.63) is 81.8 Å². The first-order valence-corrected chi connectivity index (χ1v) is 12.1. The Bertz CT molecular complexity index is 1190. The van der Waals surface area contributed by atoms with Crippen LogP contribution in [0.3, 0.4) is 0 Å². The van der Waals surface area contributed by atoms with Gasteiger partial charge in [0.2, 0.25) is 0 Å². The van der Waals surface area contributed by atoms with Crippen molar-refractivity contribution in [2.45, 2.75) is 23.6 Å². The maximum absolute atomic E-state index is 12.7. The molecule has 30 heavy (non-hydrogen) atoms. The molecular weight excluding hydrogens is 471 g/mol. The summed E-state index contributed by atoms with van der Waals surface area (Å²) in [5.74, 6) is 0.0962. The van der Waals surface area contributed by atoms with Crippen molar-refractivity contribution in [3.8, 4) is 11.5 Å². The molecule has 10 heteroatoms. The first-order valence-electron chi connectivity index (χ1n) is 8.49. The molecule has 3 aromatic rings. The van der Waals surface area contributed by atoms with Gasteiger partial charge in [0.15, 0.2) is 0 Å². The van der Waals surface area contributed by atoms with Crippen molar-refractivity contribution in [1.29, 1.82) is 0 Å². The van der Waals surface area contributed by atoms with E-state index in [0.717, 1.165) is 23.3 Å². The second-order valence-corrected chi connectivity index (χ2v) is 10.3. The third kappa shape index (κ3) is 5.07. The quantitative estimate of drug-likeness (QED) is 0.448. The SMILES string of the molecule is Cc1ccc(OS(=O)(=O)c2cc(S(=O)(=O)Oc3ccc(C)cc3)c(Cl)cc2Cl)cc1. The van der Waals surface area contributed by atoms with E-state index in [1.165, 1.54) is 24.3 Å². The standard InChI is InChI=1S/C20H16Cl2O6S2/c1-13-3-7-15(8-4-13)27-29(23,24)19-12-20(18(22)11-17(19)21)30(25,26)28-16-9-5-14(2)6-10-16/h3-12H,1-2H3. The minimum atomic E-state index is -4.45. The van der Waals surface area contributed by atoms with Crippen LogP contribution in [0.15, 0.2) is 70.5 Å². The summed E-state index contributed by atoms with van der Waals surface area (Å²) in [6, 6.07) is 14.4. The van der Waals surface area contributed by atoms with Gasteiger partial charge in [0.05, 0.1) is 10.0 Å². The van der Waals surface area contributed by atoms with E-state index in [4.69, 9.17) is 31.6 Å². The molecule has 0 spiro atoms. The third-order valence-electron chi connectivity index (χ3n) is 3.98. The molecule has 0 fully saturated rings. The molecule has 158 valence electrons. The second kappa shape index (κ2) is 8.47. The van der Waals surface area contributed by atoms with Crippen LogP contribution in [-0.2, 0) is 20.2 Å². The summed E-state index contributed by atoms with van der Waals surface area (Å²) in [7, 11) is -8.89. The first-order chi connectivity index (χ1) is 14.0. The van der Waals surface area contributed by atoms with Crippen molar-refractivity contribution in [3.63, 3.8) is 0 Å². The molecule has 0 bridgehead atoms. The lowest BCUT2D eigenvalue weighted by Crippen LogP contribution is -2.14. The molecule has 0 atom stereocenters. The van der Waals surface area contributed by atoms with Gasteiger partial charge in [-0.25, -0.2) is 0 Å².